The maximum atomic E-state index is 12.4. The van der Waals surface area contributed by atoms with E-state index in [1.54, 1.807) is 23.5 Å². The molecule has 5 heteroatoms. The zero-order valence-corrected chi connectivity index (χ0v) is 11.9. The third-order valence-corrected chi connectivity index (χ3v) is 3.92. The molecule has 0 radical (unpaired) electrons. The smallest absolute Gasteiger partial charge is 0.277 e. The number of hydroxylamine groups is 2. The van der Waals surface area contributed by atoms with Gasteiger partial charge in [0, 0.05) is 5.56 Å². The van der Waals surface area contributed by atoms with Crippen LogP contribution in [0, 0.1) is 0 Å². The minimum absolute atomic E-state index is 0.0662. The van der Waals surface area contributed by atoms with Crippen LogP contribution in [0.5, 0.6) is 0 Å². The first-order valence-corrected chi connectivity index (χ1v) is 7.34. The molecule has 1 aromatic heterocycles. The lowest BCUT2D eigenvalue weighted by Crippen LogP contribution is -2.44. The van der Waals surface area contributed by atoms with Crippen LogP contribution in [0.15, 0.2) is 47.8 Å². The number of benzene rings is 1. The summed E-state index contributed by atoms with van der Waals surface area (Å²) in [5, 5.41) is 3.36. The van der Waals surface area contributed by atoms with Crippen molar-refractivity contribution in [3.8, 4) is 0 Å². The first-order chi connectivity index (χ1) is 9.74. The fourth-order valence-corrected chi connectivity index (χ4v) is 2.75. The van der Waals surface area contributed by atoms with Crippen LogP contribution in [0.25, 0.3) is 0 Å². The average Bonchev–Trinajstić information content (AvgIpc) is 3.01. The van der Waals surface area contributed by atoms with Crippen molar-refractivity contribution in [2.45, 2.75) is 19.3 Å². The summed E-state index contributed by atoms with van der Waals surface area (Å²) in [7, 11) is 0. The molecule has 1 fully saturated rings. The van der Waals surface area contributed by atoms with Gasteiger partial charge in [0.2, 0.25) is 6.29 Å². The van der Waals surface area contributed by atoms with Gasteiger partial charge in [-0.25, -0.2) is 9.90 Å². The summed E-state index contributed by atoms with van der Waals surface area (Å²) in [6.07, 6.45) is -0.574. The van der Waals surface area contributed by atoms with Crippen LogP contribution < -0.4 is 0 Å². The Morgan fingerprint density at radius 3 is 2.75 bits per heavy atom. The van der Waals surface area contributed by atoms with Gasteiger partial charge < -0.3 is 4.74 Å². The van der Waals surface area contributed by atoms with Gasteiger partial charge in [0.25, 0.3) is 5.91 Å². The molecular weight excluding hydrogens is 274 g/mol. The van der Waals surface area contributed by atoms with Crippen LogP contribution in [0.4, 0.5) is 0 Å². The number of carbonyl (C=O) groups excluding carboxylic acids is 1. The number of hydrogen-bond donors (Lipinski definition) is 0. The Morgan fingerprint density at radius 2 is 2.05 bits per heavy atom. The highest BCUT2D eigenvalue weighted by Gasteiger charge is 2.31. The topological polar surface area (TPSA) is 38.8 Å². The monoisotopic (exact) mass is 289 g/mol. The Bertz CT molecular complexity index is 570. The molecule has 104 valence electrons. The van der Waals surface area contributed by atoms with Crippen molar-refractivity contribution in [2.75, 3.05) is 6.54 Å². The van der Waals surface area contributed by atoms with Crippen LogP contribution in [-0.4, -0.2) is 23.6 Å². The number of carbonyl (C=O) groups is 1. The molecular formula is C15H15NO3S. The van der Waals surface area contributed by atoms with Crippen molar-refractivity contribution in [3.05, 3.63) is 58.3 Å². The summed E-state index contributed by atoms with van der Waals surface area (Å²) in [4.78, 5) is 19.1. The second-order valence-electron chi connectivity index (χ2n) is 4.63. The molecule has 1 aliphatic heterocycles. The van der Waals surface area contributed by atoms with E-state index in [-0.39, 0.29) is 12.0 Å². The van der Waals surface area contributed by atoms with Gasteiger partial charge in [-0.1, -0.05) is 24.3 Å². The maximum Gasteiger partial charge on any atom is 0.277 e. The number of hydrogen-bond acceptors (Lipinski definition) is 4. The fourth-order valence-electron chi connectivity index (χ4n) is 2.07. The van der Waals surface area contributed by atoms with E-state index >= 15 is 0 Å². The molecule has 2 aromatic rings. The number of nitrogens with zero attached hydrogens (tertiary/aromatic N) is 1. The molecule has 20 heavy (non-hydrogen) atoms. The molecule has 1 amide bonds. The number of thiophene rings is 1. The zero-order valence-electron chi connectivity index (χ0n) is 11.1. The van der Waals surface area contributed by atoms with Gasteiger partial charge in [0.05, 0.1) is 17.5 Å². The minimum atomic E-state index is -0.508. The summed E-state index contributed by atoms with van der Waals surface area (Å²) < 4.78 is 5.74. The lowest BCUT2D eigenvalue weighted by atomic mass is 10.2. The molecule has 0 bridgehead atoms. The van der Waals surface area contributed by atoms with E-state index in [9.17, 15) is 4.79 Å². The molecule has 0 aliphatic carbocycles. The van der Waals surface area contributed by atoms with Gasteiger partial charge >= 0.3 is 0 Å². The highest BCUT2D eigenvalue weighted by molar-refractivity contribution is 7.10. The predicted molar refractivity (Wildman–Crippen MR) is 76.2 cm³/mol. The Kier molecular flexibility index (Phi) is 3.82. The van der Waals surface area contributed by atoms with Crippen LogP contribution in [0.2, 0.25) is 0 Å². The van der Waals surface area contributed by atoms with E-state index in [0.717, 1.165) is 4.88 Å². The van der Waals surface area contributed by atoms with Crippen molar-refractivity contribution in [1.82, 2.24) is 5.06 Å². The Hall–Kier alpha value is -1.69. The van der Waals surface area contributed by atoms with Crippen LogP contribution >= 0.6 is 11.3 Å². The van der Waals surface area contributed by atoms with Crippen LogP contribution in [0.1, 0.15) is 28.4 Å². The molecule has 1 saturated heterocycles. The fraction of sp³-hybridized carbons (Fsp3) is 0.267. The lowest BCUT2D eigenvalue weighted by Gasteiger charge is -2.35. The van der Waals surface area contributed by atoms with E-state index in [2.05, 4.69) is 0 Å². The first kappa shape index (κ1) is 13.3. The molecule has 2 atom stereocenters. The van der Waals surface area contributed by atoms with Crippen molar-refractivity contribution < 1.29 is 14.4 Å². The van der Waals surface area contributed by atoms with Crippen molar-refractivity contribution in [1.29, 1.82) is 0 Å². The molecule has 0 N–H and O–H groups in total. The Labute approximate surface area is 121 Å². The largest absolute Gasteiger partial charge is 0.341 e. The van der Waals surface area contributed by atoms with E-state index in [4.69, 9.17) is 9.57 Å². The predicted octanol–water partition coefficient (Wildman–Crippen LogP) is 3.24. The first-order valence-electron chi connectivity index (χ1n) is 6.46. The third kappa shape index (κ3) is 2.75. The van der Waals surface area contributed by atoms with Gasteiger partial charge in [-0.2, -0.15) is 0 Å². The Morgan fingerprint density at radius 1 is 1.25 bits per heavy atom. The van der Waals surface area contributed by atoms with Crippen molar-refractivity contribution >= 4 is 17.2 Å². The minimum Gasteiger partial charge on any atom is -0.341 e. The van der Waals surface area contributed by atoms with Gasteiger partial charge in [-0.3, -0.25) is 4.79 Å². The molecule has 1 aromatic carbocycles. The summed E-state index contributed by atoms with van der Waals surface area (Å²) >= 11 is 1.55. The van der Waals surface area contributed by atoms with Crippen molar-refractivity contribution in [3.63, 3.8) is 0 Å². The molecule has 0 saturated carbocycles. The molecule has 3 rings (SSSR count). The maximum absolute atomic E-state index is 12.4. The Balaban J connectivity index is 1.78. The standard InChI is InChI=1S/C15H15NO3S/c1-11-10-16(14(17)12-6-3-2-4-7-12)19-15(18-11)13-8-5-9-20-13/h2-9,11,15H,10H2,1H3/t11-,15-/m1/s1. The SMILES string of the molecule is C[C@@H]1CN(C(=O)c2ccccc2)O[C@H](c2cccs2)O1. The highest BCUT2D eigenvalue weighted by Crippen LogP contribution is 2.30. The van der Waals surface area contributed by atoms with E-state index in [1.165, 1.54) is 5.06 Å². The summed E-state index contributed by atoms with van der Waals surface area (Å²) in [6.45, 7) is 2.37. The van der Waals surface area contributed by atoms with Gasteiger partial charge in [-0.05, 0) is 30.5 Å². The third-order valence-electron chi connectivity index (χ3n) is 3.02. The van der Waals surface area contributed by atoms with Crippen molar-refractivity contribution in [2.24, 2.45) is 0 Å². The molecule has 0 unspecified atom stereocenters. The average molecular weight is 289 g/mol. The van der Waals surface area contributed by atoms with Gasteiger partial charge in [0.15, 0.2) is 0 Å². The van der Waals surface area contributed by atoms with E-state index in [1.807, 2.05) is 42.6 Å². The zero-order chi connectivity index (χ0) is 13.9. The number of amides is 1. The molecule has 4 nitrogen and oxygen atoms in total. The lowest BCUT2D eigenvalue weighted by molar-refractivity contribution is -0.319. The van der Waals surface area contributed by atoms with Crippen LogP contribution in [0.3, 0.4) is 0 Å². The normalized spacial score (nSPS) is 22.8. The summed E-state index contributed by atoms with van der Waals surface area (Å²) in [5.41, 5.74) is 0.617. The van der Waals surface area contributed by atoms with E-state index in [0.29, 0.717) is 12.1 Å². The molecule has 1 aliphatic rings. The molecule has 2 heterocycles. The second-order valence-corrected chi connectivity index (χ2v) is 5.61. The molecule has 0 spiro atoms. The quantitative estimate of drug-likeness (QED) is 0.852. The number of ether oxygens (including phenoxy) is 1. The van der Waals surface area contributed by atoms with Crippen LogP contribution in [-0.2, 0) is 9.57 Å². The second kappa shape index (κ2) is 5.75. The van der Waals surface area contributed by atoms with E-state index < -0.39 is 6.29 Å². The number of rotatable bonds is 2. The van der Waals surface area contributed by atoms with Gasteiger partial charge in [-0.15, -0.1) is 11.3 Å². The highest BCUT2D eigenvalue weighted by atomic mass is 32.1. The summed E-state index contributed by atoms with van der Waals surface area (Å²) in [5.74, 6) is -0.137. The summed E-state index contributed by atoms with van der Waals surface area (Å²) in [6, 6.07) is 13.0. The van der Waals surface area contributed by atoms with Gasteiger partial charge in [0.1, 0.15) is 0 Å².